The number of carbonyl (C=O) groups is 2. The fourth-order valence-electron chi connectivity index (χ4n) is 2.19. The van der Waals surface area contributed by atoms with Crippen LogP contribution < -0.4 is 5.32 Å². The number of thiophene rings is 1. The number of nitro groups is 1. The maximum Gasteiger partial charge on any atom is 0.324 e. The summed E-state index contributed by atoms with van der Waals surface area (Å²) in [6.45, 7) is 3.50. The molecule has 1 unspecified atom stereocenters. The smallest absolute Gasteiger partial charge is 0.324 e. The highest BCUT2D eigenvalue weighted by Gasteiger charge is 2.22. The van der Waals surface area contributed by atoms with E-state index in [4.69, 9.17) is 4.74 Å². The van der Waals surface area contributed by atoms with E-state index < -0.39 is 22.8 Å². The average Bonchev–Trinajstić information content (AvgIpc) is 3.04. The molecule has 1 aromatic carbocycles. The molecule has 7 nitrogen and oxygen atoms in total. The predicted molar refractivity (Wildman–Crippen MR) is 93.5 cm³/mol. The monoisotopic (exact) mass is 362 g/mol. The molecule has 8 heteroatoms. The number of benzene rings is 1. The molecule has 0 aliphatic heterocycles. The third-order valence-corrected chi connectivity index (χ3v) is 4.28. The Labute approximate surface area is 148 Å². The third kappa shape index (κ3) is 5.39. The number of esters is 1. The summed E-state index contributed by atoms with van der Waals surface area (Å²) in [6.07, 6.45) is -0.277. The zero-order valence-corrected chi connectivity index (χ0v) is 14.6. The highest BCUT2D eigenvalue weighted by atomic mass is 32.1. The second-order valence-corrected chi connectivity index (χ2v) is 6.64. The van der Waals surface area contributed by atoms with Gasteiger partial charge in [-0.2, -0.15) is 0 Å². The molecular formula is C17H18N2O5S. The summed E-state index contributed by atoms with van der Waals surface area (Å²) in [5.74, 6) is -0.898. The molecule has 1 heterocycles. The Balaban J connectivity index is 2.15. The molecule has 1 amide bonds. The Kier molecular flexibility index (Phi) is 6.24. The van der Waals surface area contributed by atoms with E-state index in [1.165, 1.54) is 12.1 Å². The molecule has 1 N–H and O–H groups in total. The Hall–Kier alpha value is -2.74. The largest absolute Gasteiger partial charge is 0.463 e. The number of nitrogens with zero attached hydrogens (tertiary/aromatic N) is 1. The summed E-state index contributed by atoms with van der Waals surface area (Å²) in [5.41, 5.74) is 0.752. The number of hydrogen-bond donors (Lipinski definition) is 1. The molecule has 0 aliphatic rings. The van der Waals surface area contributed by atoms with E-state index in [0.717, 1.165) is 16.9 Å². The van der Waals surface area contributed by atoms with Crippen molar-refractivity contribution in [1.29, 1.82) is 0 Å². The lowest BCUT2D eigenvalue weighted by Gasteiger charge is -2.19. The zero-order valence-electron chi connectivity index (χ0n) is 13.8. The molecule has 0 fully saturated rings. The van der Waals surface area contributed by atoms with Gasteiger partial charge in [-0.1, -0.05) is 41.7 Å². The number of carbonyl (C=O) groups excluding carboxylic acids is 2. The van der Waals surface area contributed by atoms with Gasteiger partial charge in [0.05, 0.1) is 28.4 Å². The molecule has 0 saturated heterocycles. The van der Waals surface area contributed by atoms with Crippen molar-refractivity contribution in [1.82, 2.24) is 5.32 Å². The molecule has 0 saturated carbocycles. The maximum absolute atomic E-state index is 12.4. The molecule has 2 rings (SSSR count). The second-order valence-electron chi connectivity index (χ2n) is 5.57. The fraction of sp³-hybridized carbons (Fsp3) is 0.294. The molecule has 132 valence electrons. The lowest BCUT2D eigenvalue weighted by molar-refractivity contribution is -0.380. The van der Waals surface area contributed by atoms with Crippen LogP contribution >= 0.6 is 11.3 Å². The normalized spacial score (nSPS) is 11.8. The summed E-state index contributed by atoms with van der Waals surface area (Å²) in [6, 6.07) is 11.1. The van der Waals surface area contributed by atoms with Crippen LogP contribution in [0.4, 0.5) is 5.00 Å². The van der Waals surface area contributed by atoms with Gasteiger partial charge in [-0.15, -0.1) is 0 Å². The van der Waals surface area contributed by atoms with Crippen LogP contribution in [0.2, 0.25) is 0 Å². The van der Waals surface area contributed by atoms with Gasteiger partial charge < -0.3 is 10.1 Å². The van der Waals surface area contributed by atoms with E-state index >= 15 is 0 Å². The van der Waals surface area contributed by atoms with Crippen molar-refractivity contribution in [2.24, 2.45) is 0 Å². The topological polar surface area (TPSA) is 98.5 Å². The fourth-order valence-corrected chi connectivity index (χ4v) is 2.92. The van der Waals surface area contributed by atoms with E-state index in [-0.39, 0.29) is 22.4 Å². The van der Waals surface area contributed by atoms with Gasteiger partial charge in [0.2, 0.25) is 0 Å². The molecular weight excluding hydrogens is 344 g/mol. The standard InChI is InChI=1S/C17H18N2O5S/c1-11(2)24-16(20)10-13(12-6-4-3-5-7-12)18-17(21)14-8-9-15(25-14)19(22)23/h3-9,11,13H,10H2,1-2H3,(H,18,21). The van der Waals surface area contributed by atoms with Crippen LogP contribution in [0.25, 0.3) is 0 Å². The van der Waals surface area contributed by atoms with Crippen molar-refractivity contribution < 1.29 is 19.2 Å². The van der Waals surface area contributed by atoms with Crippen LogP contribution in [0.3, 0.4) is 0 Å². The first-order chi connectivity index (χ1) is 11.9. The van der Waals surface area contributed by atoms with Crippen LogP contribution in [-0.4, -0.2) is 22.9 Å². The third-order valence-electron chi connectivity index (χ3n) is 3.24. The first-order valence-corrected chi connectivity index (χ1v) is 8.48. The molecule has 1 atom stereocenters. The van der Waals surface area contributed by atoms with Gasteiger partial charge in [-0.05, 0) is 25.5 Å². The molecule has 0 aliphatic carbocycles. The van der Waals surface area contributed by atoms with Gasteiger partial charge >= 0.3 is 11.0 Å². The van der Waals surface area contributed by atoms with E-state index in [1.807, 2.05) is 6.07 Å². The van der Waals surface area contributed by atoms with Crippen LogP contribution in [0, 0.1) is 10.1 Å². The van der Waals surface area contributed by atoms with E-state index in [1.54, 1.807) is 38.1 Å². The quantitative estimate of drug-likeness (QED) is 0.462. The Bertz CT molecular complexity index is 757. The number of hydrogen-bond acceptors (Lipinski definition) is 6. The Morgan fingerprint density at radius 1 is 1.20 bits per heavy atom. The highest BCUT2D eigenvalue weighted by Crippen LogP contribution is 2.25. The van der Waals surface area contributed by atoms with Crippen molar-refractivity contribution in [3.63, 3.8) is 0 Å². The van der Waals surface area contributed by atoms with E-state index in [9.17, 15) is 19.7 Å². The minimum absolute atomic E-state index is 0.0264. The first-order valence-electron chi connectivity index (χ1n) is 7.66. The number of nitrogens with one attached hydrogen (secondary N) is 1. The van der Waals surface area contributed by atoms with Gasteiger partial charge in [-0.3, -0.25) is 19.7 Å². The van der Waals surface area contributed by atoms with Crippen LogP contribution in [0.15, 0.2) is 42.5 Å². The molecule has 0 bridgehead atoms. The average molecular weight is 362 g/mol. The summed E-state index contributed by atoms with van der Waals surface area (Å²) >= 11 is 0.789. The van der Waals surface area contributed by atoms with E-state index in [0.29, 0.717) is 0 Å². The number of amides is 1. The SMILES string of the molecule is CC(C)OC(=O)CC(NC(=O)c1ccc([N+](=O)[O-])s1)c1ccccc1. The summed E-state index contributed by atoms with van der Waals surface area (Å²) in [5, 5.41) is 13.4. The van der Waals surface area contributed by atoms with Crippen LogP contribution in [0.5, 0.6) is 0 Å². The summed E-state index contributed by atoms with van der Waals surface area (Å²) in [7, 11) is 0. The minimum atomic E-state index is -0.582. The van der Waals surface area contributed by atoms with Crippen LogP contribution in [0.1, 0.15) is 41.5 Å². The lowest BCUT2D eigenvalue weighted by atomic mass is 10.0. The van der Waals surface area contributed by atoms with Gasteiger partial charge in [0.15, 0.2) is 0 Å². The zero-order chi connectivity index (χ0) is 18.4. The predicted octanol–water partition coefficient (Wildman–Crippen LogP) is 3.47. The van der Waals surface area contributed by atoms with Gasteiger partial charge in [0, 0.05) is 6.07 Å². The van der Waals surface area contributed by atoms with Gasteiger partial charge in [0.1, 0.15) is 0 Å². The Morgan fingerprint density at radius 3 is 2.44 bits per heavy atom. The van der Waals surface area contributed by atoms with Crippen LogP contribution in [-0.2, 0) is 9.53 Å². The van der Waals surface area contributed by atoms with Gasteiger partial charge in [-0.25, -0.2) is 0 Å². The molecule has 25 heavy (non-hydrogen) atoms. The number of rotatable bonds is 7. The minimum Gasteiger partial charge on any atom is -0.463 e. The first kappa shape index (κ1) is 18.6. The Morgan fingerprint density at radius 2 is 1.88 bits per heavy atom. The number of ether oxygens (including phenoxy) is 1. The maximum atomic E-state index is 12.4. The van der Waals surface area contributed by atoms with Crippen molar-refractivity contribution >= 4 is 28.2 Å². The van der Waals surface area contributed by atoms with Crippen molar-refractivity contribution in [3.05, 3.63) is 63.0 Å². The summed E-state index contributed by atoms with van der Waals surface area (Å²) in [4.78, 5) is 34.8. The lowest BCUT2D eigenvalue weighted by Crippen LogP contribution is -2.30. The van der Waals surface area contributed by atoms with Crippen molar-refractivity contribution in [2.75, 3.05) is 0 Å². The van der Waals surface area contributed by atoms with Crippen molar-refractivity contribution in [2.45, 2.75) is 32.4 Å². The highest BCUT2D eigenvalue weighted by molar-refractivity contribution is 7.17. The van der Waals surface area contributed by atoms with Gasteiger partial charge in [0.25, 0.3) is 5.91 Å². The second kappa shape index (κ2) is 8.39. The molecule has 0 spiro atoms. The molecule has 2 aromatic rings. The van der Waals surface area contributed by atoms with E-state index in [2.05, 4.69) is 5.32 Å². The molecule has 1 aromatic heterocycles. The molecule has 0 radical (unpaired) electrons. The summed E-state index contributed by atoms with van der Waals surface area (Å²) < 4.78 is 5.15. The van der Waals surface area contributed by atoms with Crippen molar-refractivity contribution in [3.8, 4) is 0 Å².